The van der Waals surface area contributed by atoms with E-state index in [1.54, 1.807) is 6.21 Å². The number of oxime groups is 1. The van der Waals surface area contributed by atoms with Crippen LogP contribution in [0, 0.1) is 5.92 Å². The Hall–Kier alpha value is -0.530. The SMILES string of the molecule is CC=NOC(C)CC(C)C. The molecular weight excluding hydrogens is 126 g/mol. The highest BCUT2D eigenvalue weighted by Gasteiger charge is 2.03. The van der Waals surface area contributed by atoms with Crippen molar-refractivity contribution in [1.29, 1.82) is 0 Å². The Bertz CT molecular complexity index is 99.4. The van der Waals surface area contributed by atoms with E-state index < -0.39 is 0 Å². The molecule has 0 bridgehead atoms. The normalized spacial score (nSPS) is 14.5. The second-order valence-electron chi connectivity index (χ2n) is 2.91. The zero-order chi connectivity index (χ0) is 7.98. The molecule has 0 aromatic heterocycles. The third-order valence-corrected chi connectivity index (χ3v) is 1.15. The monoisotopic (exact) mass is 143 g/mol. The van der Waals surface area contributed by atoms with Gasteiger partial charge in [0, 0.05) is 6.21 Å². The summed E-state index contributed by atoms with van der Waals surface area (Å²) in [5, 5.41) is 3.70. The van der Waals surface area contributed by atoms with Gasteiger partial charge in [-0.15, -0.1) is 0 Å². The first-order chi connectivity index (χ1) is 4.66. The minimum Gasteiger partial charge on any atom is -0.393 e. The maximum absolute atomic E-state index is 5.07. The maximum atomic E-state index is 5.07. The van der Waals surface area contributed by atoms with Gasteiger partial charge in [0.1, 0.15) is 6.10 Å². The van der Waals surface area contributed by atoms with Crippen LogP contribution in [0.25, 0.3) is 0 Å². The standard InChI is InChI=1S/C8H17NO/c1-5-9-10-8(4)6-7(2)3/h5,7-8H,6H2,1-4H3. The molecule has 0 aliphatic heterocycles. The van der Waals surface area contributed by atoms with Gasteiger partial charge >= 0.3 is 0 Å². The Morgan fingerprint density at radius 1 is 1.40 bits per heavy atom. The summed E-state index contributed by atoms with van der Waals surface area (Å²) in [5.41, 5.74) is 0. The largest absolute Gasteiger partial charge is 0.393 e. The molecule has 0 spiro atoms. The number of rotatable bonds is 4. The van der Waals surface area contributed by atoms with Crippen molar-refractivity contribution in [2.45, 2.75) is 40.2 Å². The lowest BCUT2D eigenvalue weighted by molar-refractivity contribution is 0.0585. The Balaban J connectivity index is 3.33. The Morgan fingerprint density at radius 2 is 2.00 bits per heavy atom. The zero-order valence-electron chi connectivity index (χ0n) is 7.29. The second kappa shape index (κ2) is 5.27. The van der Waals surface area contributed by atoms with E-state index >= 15 is 0 Å². The molecule has 10 heavy (non-hydrogen) atoms. The average Bonchev–Trinajstić information content (AvgIpc) is 1.82. The lowest BCUT2D eigenvalue weighted by Crippen LogP contribution is -2.07. The van der Waals surface area contributed by atoms with Crippen molar-refractivity contribution >= 4 is 6.21 Å². The molecule has 0 amide bonds. The smallest absolute Gasteiger partial charge is 0.125 e. The van der Waals surface area contributed by atoms with E-state index in [4.69, 9.17) is 4.84 Å². The van der Waals surface area contributed by atoms with Gasteiger partial charge in [0.25, 0.3) is 0 Å². The maximum Gasteiger partial charge on any atom is 0.125 e. The van der Waals surface area contributed by atoms with Gasteiger partial charge in [0.05, 0.1) is 0 Å². The molecule has 2 nitrogen and oxygen atoms in total. The molecule has 1 atom stereocenters. The molecule has 2 heteroatoms. The van der Waals surface area contributed by atoms with Crippen molar-refractivity contribution in [3.05, 3.63) is 0 Å². The molecule has 0 N–H and O–H groups in total. The van der Waals surface area contributed by atoms with Crippen LogP contribution in [-0.4, -0.2) is 12.3 Å². The summed E-state index contributed by atoms with van der Waals surface area (Å²) in [4.78, 5) is 5.07. The van der Waals surface area contributed by atoms with Gasteiger partial charge in [0.2, 0.25) is 0 Å². The Morgan fingerprint density at radius 3 is 2.40 bits per heavy atom. The average molecular weight is 143 g/mol. The zero-order valence-corrected chi connectivity index (χ0v) is 7.29. The summed E-state index contributed by atoms with van der Waals surface area (Å²) in [7, 11) is 0. The van der Waals surface area contributed by atoms with Gasteiger partial charge in [-0.05, 0) is 26.2 Å². The number of hydrogen-bond donors (Lipinski definition) is 0. The molecule has 0 heterocycles. The summed E-state index contributed by atoms with van der Waals surface area (Å²) in [6.07, 6.45) is 2.98. The van der Waals surface area contributed by atoms with E-state index in [2.05, 4.69) is 19.0 Å². The van der Waals surface area contributed by atoms with E-state index in [9.17, 15) is 0 Å². The molecule has 1 unspecified atom stereocenters. The van der Waals surface area contributed by atoms with Crippen LogP contribution >= 0.6 is 0 Å². The highest BCUT2D eigenvalue weighted by molar-refractivity contribution is 5.52. The van der Waals surface area contributed by atoms with Gasteiger partial charge in [-0.3, -0.25) is 0 Å². The predicted molar refractivity (Wildman–Crippen MR) is 44.2 cm³/mol. The van der Waals surface area contributed by atoms with Crippen LogP contribution in [0.1, 0.15) is 34.1 Å². The van der Waals surface area contributed by atoms with Crippen LogP contribution < -0.4 is 0 Å². The molecule has 0 aromatic rings. The highest BCUT2D eigenvalue weighted by atomic mass is 16.6. The van der Waals surface area contributed by atoms with Crippen LogP contribution in [0.2, 0.25) is 0 Å². The van der Waals surface area contributed by atoms with Crippen molar-refractivity contribution in [2.24, 2.45) is 11.1 Å². The first-order valence-corrected chi connectivity index (χ1v) is 3.80. The van der Waals surface area contributed by atoms with Crippen molar-refractivity contribution in [3.8, 4) is 0 Å². The highest BCUT2D eigenvalue weighted by Crippen LogP contribution is 2.06. The number of hydrogen-bond acceptors (Lipinski definition) is 2. The predicted octanol–water partition coefficient (Wildman–Crippen LogP) is 2.44. The third kappa shape index (κ3) is 5.60. The first kappa shape index (κ1) is 9.47. The summed E-state index contributed by atoms with van der Waals surface area (Å²) < 4.78 is 0. The van der Waals surface area contributed by atoms with Crippen LogP contribution in [-0.2, 0) is 4.84 Å². The lowest BCUT2D eigenvalue weighted by Gasteiger charge is -2.10. The van der Waals surface area contributed by atoms with E-state index in [0.29, 0.717) is 5.92 Å². The molecular formula is C8H17NO. The van der Waals surface area contributed by atoms with Crippen LogP contribution in [0.3, 0.4) is 0 Å². The van der Waals surface area contributed by atoms with Crippen LogP contribution in [0.4, 0.5) is 0 Å². The van der Waals surface area contributed by atoms with Gasteiger partial charge in [-0.1, -0.05) is 19.0 Å². The number of nitrogens with zero attached hydrogens (tertiary/aromatic N) is 1. The quantitative estimate of drug-likeness (QED) is 0.437. The van der Waals surface area contributed by atoms with Crippen molar-refractivity contribution < 1.29 is 4.84 Å². The van der Waals surface area contributed by atoms with Crippen LogP contribution in [0.15, 0.2) is 5.16 Å². The Kier molecular flexibility index (Phi) is 4.99. The Labute approximate surface area is 63.3 Å². The summed E-state index contributed by atoms with van der Waals surface area (Å²) in [6.45, 7) is 8.24. The minimum absolute atomic E-state index is 0.246. The summed E-state index contributed by atoms with van der Waals surface area (Å²) in [6, 6.07) is 0. The van der Waals surface area contributed by atoms with Gasteiger partial charge in [-0.25, -0.2) is 0 Å². The van der Waals surface area contributed by atoms with Crippen molar-refractivity contribution in [3.63, 3.8) is 0 Å². The fourth-order valence-electron chi connectivity index (χ4n) is 0.872. The summed E-state index contributed by atoms with van der Waals surface area (Å²) in [5.74, 6) is 0.682. The molecule has 0 saturated carbocycles. The second-order valence-corrected chi connectivity index (χ2v) is 2.91. The molecule has 0 aromatic carbocycles. The molecule has 0 rings (SSSR count). The molecule has 0 fully saturated rings. The molecule has 0 radical (unpaired) electrons. The molecule has 0 aliphatic rings. The first-order valence-electron chi connectivity index (χ1n) is 3.80. The molecule has 0 saturated heterocycles. The molecule has 60 valence electrons. The summed E-state index contributed by atoms with van der Waals surface area (Å²) >= 11 is 0. The van der Waals surface area contributed by atoms with Crippen molar-refractivity contribution in [1.82, 2.24) is 0 Å². The lowest BCUT2D eigenvalue weighted by atomic mass is 10.1. The van der Waals surface area contributed by atoms with Crippen LogP contribution in [0.5, 0.6) is 0 Å². The van der Waals surface area contributed by atoms with E-state index in [1.165, 1.54) is 0 Å². The van der Waals surface area contributed by atoms with Gasteiger partial charge in [0.15, 0.2) is 0 Å². The van der Waals surface area contributed by atoms with E-state index in [-0.39, 0.29) is 6.10 Å². The third-order valence-electron chi connectivity index (χ3n) is 1.15. The fraction of sp³-hybridized carbons (Fsp3) is 0.875. The minimum atomic E-state index is 0.246. The van der Waals surface area contributed by atoms with Gasteiger partial charge in [-0.2, -0.15) is 0 Å². The van der Waals surface area contributed by atoms with Crippen molar-refractivity contribution in [2.75, 3.05) is 0 Å². The van der Waals surface area contributed by atoms with E-state index in [1.807, 2.05) is 13.8 Å². The topological polar surface area (TPSA) is 21.6 Å². The molecule has 0 aliphatic carbocycles. The fourth-order valence-corrected chi connectivity index (χ4v) is 0.872. The van der Waals surface area contributed by atoms with E-state index in [0.717, 1.165) is 6.42 Å². The van der Waals surface area contributed by atoms with Gasteiger partial charge < -0.3 is 4.84 Å².